The predicted molar refractivity (Wildman–Crippen MR) is 84.0 cm³/mol. The van der Waals surface area contributed by atoms with Gasteiger partial charge in [0.05, 0.1) is 26.6 Å². The van der Waals surface area contributed by atoms with Gasteiger partial charge in [0.25, 0.3) is 0 Å². The molecule has 1 aromatic carbocycles. The number of anilines is 2. The lowest BCUT2D eigenvalue weighted by Crippen LogP contribution is -2.37. The number of fused-ring (bicyclic) bond motifs is 1. The van der Waals surface area contributed by atoms with Crippen molar-refractivity contribution in [3.8, 4) is 0 Å². The van der Waals surface area contributed by atoms with Crippen molar-refractivity contribution in [2.45, 2.75) is 33.6 Å². The molecule has 0 spiro atoms. The van der Waals surface area contributed by atoms with E-state index in [2.05, 4.69) is 35.9 Å². The number of rotatable bonds is 1. The Morgan fingerprint density at radius 1 is 1.26 bits per heavy atom. The zero-order valence-electron chi connectivity index (χ0n) is 11.9. The van der Waals surface area contributed by atoms with Gasteiger partial charge in [0.2, 0.25) is 0 Å². The molecular formula is C15H21N3S. The van der Waals surface area contributed by atoms with E-state index in [0.29, 0.717) is 5.41 Å². The van der Waals surface area contributed by atoms with Gasteiger partial charge in [0, 0.05) is 13.1 Å². The van der Waals surface area contributed by atoms with Crippen molar-refractivity contribution in [1.29, 1.82) is 0 Å². The van der Waals surface area contributed by atoms with Gasteiger partial charge in [-0.2, -0.15) is 0 Å². The highest BCUT2D eigenvalue weighted by molar-refractivity contribution is 7.18. The van der Waals surface area contributed by atoms with Crippen LogP contribution in [0.4, 0.5) is 11.4 Å². The first-order valence-electron chi connectivity index (χ1n) is 6.86. The van der Waals surface area contributed by atoms with Gasteiger partial charge in [-0.05, 0) is 37.3 Å². The summed E-state index contributed by atoms with van der Waals surface area (Å²) in [6.07, 6.45) is 2.45. The van der Waals surface area contributed by atoms with Crippen molar-refractivity contribution in [2.24, 2.45) is 5.41 Å². The normalized spacial score (nSPS) is 19.0. The highest BCUT2D eigenvalue weighted by atomic mass is 32.1. The van der Waals surface area contributed by atoms with Crippen molar-refractivity contribution < 1.29 is 0 Å². The minimum atomic E-state index is 0.465. The molecule has 0 saturated carbocycles. The van der Waals surface area contributed by atoms with Gasteiger partial charge in [0.1, 0.15) is 0 Å². The van der Waals surface area contributed by atoms with E-state index in [4.69, 9.17) is 5.73 Å². The molecule has 2 N–H and O–H groups in total. The molecule has 0 amide bonds. The number of benzene rings is 1. The van der Waals surface area contributed by atoms with Gasteiger partial charge < -0.3 is 10.6 Å². The molecule has 19 heavy (non-hydrogen) atoms. The summed E-state index contributed by atoms with van der Waals surface area (Å²) in [5, 5.41) is 1.10. The van der Waals surface area contributed by atoms with Crippen LogP contribution in [0.3, 0.4) is 0 Å². The molecule has 1 saturated heterocycles. The Morgan fingerprint density at radius 3 is 2.63 bits per heavy atom. The molecule has 1 aliphatic heterocycles. The van der Waals surface area contributed by atoms with E-state index in [-0.39, 0.29) is 0 Å². The topological polar surface area (TPSA) is 42.2 Å². The van der Waals surface area contributed by atoms with Crippen LogP contribution in [0.5, 0.6) is 0 Å². The van der Waals surface area contributed by atoms with Crippen LogP contribution >= 0.6 is 11.3 Å². The van der Waals surface area contributed by atoms with Crippen LogP contribution in [-0.2, 0) is 0 Å². The van der Waals surface area contributed by atoms with Crippen LogP contribution in [0.25, 0.3) is 10.2 Å². The minimum Gasteiger partial charge on any atom is -0.397 e. The summed E-state index contributed by atoms with van der Waals surface area (Å²) in [7, 11) is 0. The second kappa shape index (κ2) is 4.37. The number of nitrogens with two attached hydrogens (primary N) is 1. The van der Waals surface area contributed by atoms with Gasteiger partial charge in [-0.3, -0.25) is 0 Å². The van der Waals surface area contributed by atoms with Crippen LogP contribution in [0, 0.1) is 12.3 Å². The van der Waals surface area contributed by atoms with Gasteiger partial charge in [-0.15, -0.1) is 11.3 Å². The molecule has 1 aliphatic rings. The number of hydrogen-bond acceptors (Lipinski definition) is 4. The van der Waals surface area contributed by atoms with Crippen molar-refractivity contribution in [1.82, 2.24) is 4.98 Å². The second-order valence-electron chi connectivity index (χ2n) is 6.26. The van der Waals surface area contributed by atoms with E-state index in [9.17, 15) is 0 Å². The fraction of sp³-hybridized carbons (Fsp3) is 0.533. The van der Waals surface area contributed by atoms with Crippen molar-refractivity contribution in [3.05, 3.63) is 17.1 Å². The Bertz CT molecular complexity index is 605. The fourth-order valence-electron chi connectivity index (χ4n) is 2.72. The summed E-state index contributed by atoms with van der Waals surface area (Å²) in [6, 6.07) is 4.24. The number of hydrogen-bond donors (Lipinski definition) is 1. The SMILES string of the molecule is Cc1nc2cc(N3CCC(C)(C)CC3)c(N)cc2s1. The number of aryl methyl sites for hydroxylation is 1. The summed E-state index contributed by atoms with van der Waals surface area (Å²) >= 11 is 1.71. The molecule has 1 fully saturated rings. The first kappa shape index (κ1) is 12.7. The third-order valence-electron chi connectivity index (χ3n) is 4.10. The monoisotopic (exact) mass is 275 g/mol. The molecule has 3 nitrogen and oxygen atoms in total. The molecule has 102 valence electrons. The van der Waals surface area contributed by atoms with Gasteiger partial charge in [0.15, 0.2) is 0 Å². The molecule has 0 aliphatic carbocycles. The Hall–Kier alpha value is -1.29. The standard InChI is InChI=1S/C15H21N3S/c1-10-17-12-9-13(11(16)8-14(12)19-10)18-6-4-15(2,3)5-7-18/h8-9H,4-7,16H2,1-3H3. The Balaban J connectivity index is 1.94. The summed E-state index contributed by atoms with van der Waals surface area (Å²) in [4.78, 5) is 6.99. The summed E-state index contributed by atoms with van der Waals surface area (Å²) in [5.41, 5.74) is 9.82. The van der Waals surface area contributed by atoms with Gasteiger partial charge in [-0.1, -0.05) is 13.8 Å². The molecule has 3 rings (SSSR count). The quantitative estimate of drug-likeness (QED) is 0.805. The van der Waals surface area contributed by atoms with E-state index < -0.39 is 0 Å². The first-order valence-corrected chi connectivity index (χ1v) is 7.68. The summed E-state index contributed by atoms with van der Waals surface area (Å²) in [6.45, 7) is 8.92. The summed E-state index contributed by atoms with van der Waals surface area (Å²) < 4.78 is 1.19. The molecule has 0 unspecified atom stereocenters. The highest BCUT2D eigenvalue weighted by Crippen LogP contribution is 2.36. The first-order chi connectivity index (χ1) is 8.94. The van der Waals surface area contributed by atoms with Crippen LogP contribution in [-0.4, -0.2) is 18.1 Å². The number of piperidine rings is 1. The molecule has 0 radical (unpaired) electrons. The molecule has 1 aromatic heterocycles. The zero-order chi connectivity index (χ0) is 13.6. The highest BCUT2D eigenvalue weighted by Gasteiger charge is 2.26. The average molecular weight is 275 g/mol. The Labute approximate surface area is 118 Å². The van der Waals surface area contributed by atoms with Crippen LogP contribution < -0.4 is 10.6 Å². The number of nitrogen functional groups attached to an aromatic ring is 1. The van der Waals surface area contributed by atoms with Crippen molar-refractivity contribution >= 4 is 32.9 Å². The van der Waals surface area contributed by atoms with Crippen molar-refractivity contribution in [3.63, 3.8) is 0 Å². The largest absolute Gasteiger partial charge is 0.397 e. The van der Waals surface area contributed by atoms with Gasteiger partial charge >= 0.3 is 0 Å². The summed E-state index contributed by atoms with van der Waals surface area (Å²) in [5.74, 6) is 0. The van der Waals surface area contributed by atoms with E-state index >= 15 is 0 Å². The van der Waals surface area contributed by atoms with Crippen LogP contribution in [0.2, 0.25) is 0 Å². The Morgan fingerprint density at radius 2 is 1.95 bits per heavy atom. The molecule has 4 heteroatoms. The third-order valence-corrected chi connectivity index (χ3v) is 5.04. The van der Waals surface area contributed by atoms with E-state index in [1.54, 1.807) is 11.3 Å². The fourth-order valence-corrected chi connectivity index (χ4v) is 3.58. The molecule has 2 heterocycles. The smallest absolute Gasteiger partial charge is 0.0907 e. The average Bonchev–Trinajstić information content (AvgIpc) is 2.67. The number of thiazole rings is 1. The van der Waals surface area contributed by atoms with Crippen LogP contribution in [0.1, 0.15) is 31.7 Å². The number of aromatic nitrogens is 1. The molecule has 0 bridgehead atoms. The Kier molecular flexibility index (Phi) is 2.93. The predicted octanol–water partition coefficient (Wildman–Crippen LogP) is 3.81. The third kappa shape index (κ3) is 2.41. The number of nitrogens with zero attached hydrogens (tertiary/aromatic N) is 2. The molecule has 2 aromatic rings. The van der Waals surface area contributed by atoms with Crippen LogP contribution in [0.15, 0.2) is 12.1 Å². The maximum atomic E-state index is 6.23. The maximum absolute atomic E-state index is 6.23. The maximum Gasteiger partial charge on any atom is 0.0907 e. The zero-order valence-corrected chi connectivity index (χ0v) is 12.7. The van der Waals surface area contributed by atoms with E-state index in [1.165, 1.54) is 17.5 Å². The second-order valence-corrected chi connectivity index (χ2v) is 7.50. The van der Waals surface area contributed by atoms with E-state index in [0.717, 1.165) is 35.0 Å². The lowest BCUT2D eigenvalue weighted by molar-refractivity contribution is 0.280. The lowest BCUT2D eigenvalue weighted by Gasteiger charge is -2.38. The molecular weight excluding hydrogens is 254 g/mol. The minimum absolute atomic E-state index is 0.465. The van der Waals surface area contributed by atoms with Crippen molar-refractivity contribution in [2.75, 3.05) is 23.7 Å². The van der Waals surface area contributed by atoms with E-state index in [1.807, 2.05) is 6.92 Å². The van der Waals surface area contributed by atoms with Gasteiger partial charge in [-0.25, -0.2) is 4.98 Å². The lowest BCUT2D eigenvalue weighted by atomic mass is 9.82. The molecule has 0 atom stereocenters.